The lowest BCUT2D eigenvalue weighted by molar-refractivity contribution is -0.127. The summed E-state index contributed by atoms with van der Waals surface area (Å²) in [5, 5.41) is 4.53. The highest BCUT2D eigenvalue weighted by Gasteiger charge is 2.36. The Hall–Kier alpha value is -2.09. The van der Waals surface area contributed by atoms with Gasteiger partial charge in [0, 0.05) is 15.6 Å². The normalized spacial score (nSPS) is 16.0. The minimum atomic E-state index is -0.461. The van der Waals surface area contributed by atoms with Crippen molar-refractivity contribution in [3.8, 4) is 0 Å². The van der Waals surface area contributed by atoms with E-state index in [-0.39, 0.29) is 6.54 Å². The molecule has 1 fully saturated rings. The molecule has 122 valence electrons. The zero-order chi connectivity index (χ0) is 17.1. The van der Waals surface area contributed by atoms with E-state index in [2.05, 4.69) is 5.32 Å². The standard InChI is InChI=1S/C16H11ClN2O3S2/c17-10-3-1-4-11(7-10)18-14(20)9-19-15(21)13(24-16(19)22)8-12-5-2-6-23-12/h1-8H,9H2,(H,18,20)/b13-8+. The van der Waals surface area contributed by atoms with Crippen LogP contribution in [0, 0.1) is 0 Å². The van der Waals surface area contributed by atoms with Crippen molar-refractivity contribution >= 4 is 63.5 Å². The van der Waals surface area contributed by atoms with Crippen molar-refractivity contribution in [2.24, 2.45) is 0 Å². The van der Waals surface area contributed by atoms with Gasteiger partial charge >= 0.3 is 0 Å². The van der Waals surface area contributed by atoms with E-state index in [1.165, 1.54) is 11.3 Å². The molecule has 0 aliphatic carbocycles. The van der Waals surface area contributed by atoms with E-state index in [0.29, 0.717) is 15.6 Å². The second-order valence-corrected chi connectivity index (χ2v) is 7.25. The fourth-order valence-corrected chi connectivity index (χ4v) is 3.80. The summed E-state index contributed by atoms with van der Waals surface area (Å²) in [6.07, 6.45) is 1.66. The number of halogens is 1. The number of thiophene rings is 1. The maximum atomic E-state index is 12.3. The van der Waals surface area contributed by atoms with Crippen LogP contribution in [0.5, 0.6) is 0 Å². The summed E-state index contributed by atoms with van der Waals surface area (Å²) < 4.78 is 0. The Labute approximate surface area is 151 Å². The lowest BCUT2D eigenvalue weighted by atomic mass is 10.3. The number of anilines is 1. The molecule has 1 saturated heterocycles. The van der Waals surface area contributed by atoms with Gasteiger partial charge in [0.15, 0.2) is 0 Å². The van der Waals surface area contributed by atoms with Gasteiger partial charge in [-0.05, 0) is 47.5 Å². The second-order valence-electron chi connectivity index (χ2n) is 4.84. The van der Waals surface area contributed by atoms with Gasteiger partial charge in [-0.25, -0.2) is 0 Å². The molecule has 5 nitrogen and oxygen atoms in total. The molecule has 1 N–H and O–H groups in total. The summed E-state index contributed by atoms with van der Waals surface area (Å²) in [5.74, 6) is -0.920. The predicted octanol–water partition coefficient (Wildman–Crippen LogP) is 4.08. The van der Waals surface area contributed by atoms with Crippen molar-refractivity contribution < 1.29 is 14.4 Å². The molecule has 0 radical (unpaired) electrons. The average Bonchev–Trinajstić information content (AvgIpc) is 3.12. The number of nitrogens with zero attached hydrogens (tertiary/aromatic N) is 1. The van der Waals surface area contributed by atoms with E-state index in [1.54, 1.807) is 30.3 Å². The lowest BCUT2D eigenvalue weighted by Gasteiger charge is -2.12. The zero-order valence-electron chi connectivity index (χ0n) is 12.2. The Morgan fingerprint density at radius 3 is 2.79 bits per heavy atom. The Morgan fingerprint density at radius 1 is 1.25 bits per heavy atom. The largest absolute Gasteiger partial charge is 0.324 e. The molecule has 1 aromatic carbocycles. The first kappa shape index (κ1) is 16.8. The van der Waals surface area contributed by atoms with Gasteiger partial charge in [0.05, 0.1) is 4.91 Å². The summed E-state index contributed by atoms with van der Waals surface area (Å²) >= 11 is 8.15. The van der Waals surface area contributed by atoms with Crippen LogP contribution in [0.2, 0.25) is 5.02 Å². The Bertz CT molecular complexity index is 834. The van der Waals surface area contributed by atoms with Crippen LogP contribution >= 0.6 is 34.7 Å². The Balaban J connectivity index is 1.67. The molecule has 1 aliphatic heterocycles. The third kappa shape index (κ3) is 3.87. The average molecular weight is 379 g/mol. The summed E-state index contributed by atoms with van der Waals surface area (Å²) in [4.78, 5) is 38.5. The van der Waals surface area contributed by atoms with Crippen LogP contribution in [0.3, 0.4) is 0 Å². The van der Waals surface area contributed by atoms with Crippen LogP contribution in [0.15, 0.2) is 46.7 Å². The van der Waals surface area contributed by atoms with E-state index in [1.807, 2.05) is 17.5 Å². The first-order valence-corrected chi connectivity index (χ1v) is 8.94. The number of imide groups is 1. The quantitative estimate of drug-likeness (QED) is 0.814. The highest BCUT2D eigenvalue weighted by molar-refractivity contribution is 8.18. The number of rotatable bonds is 4. The number of nitrogens with one attached hydrogen (secondary N) is 1. The van der Waals surface area contributed by atoms with Gasteiger partial charge in [-0.15, -0.1) is 11.3 Å². The maximum Gasteiger partial charge on any atom is 0.294 e. The van der Waals surface area contributed by atoms with Crippen molar-refractivity contribution in [2.75, 3.05) is 11.9 Å². The third-order valence-electron chi connectivity index (χ3n) is 3.10. The highest BCUT2D eigenvalue weighted by Crippen LogP contribution is 2.32. The number of carbonyl (C=O) groups excluding carboxylic acids is 3. The molecule has 2 aromatic rings. The third-order valence-corrected chi connectivity index (χ3v) is 5.06. The van der Waals surface area contributed by atoms with Gasteiger partial charge in [-0.1, -0.05) is 23.7 Å². The number of hydrogen-bond donors (Lipinski definition) is 1. The molecule has 3 amide bonds. The molecule has 8 heteroatoms. The van der Waals surface area contributed by atoms with Crippen LogP contribution in [0.4, 0.5) is 10.5 Å². The van der Waals surface area contributed by atoms with Crippen LogP contribution < -0.4 is 5.32 Å². The van der Waals surface area contributed by atoms with E-state index in [9.17, 15) is 14.4 Å². The van der Waals surface area contributed by atoms with Crippen molar-refractivity contribution in [1.82, 2.24) is 4.90 Å². The molecule has 24 heavy (non-hydrogen) atoms. The van der Waals surface area contributed by atoms with Gasteiger partial charge < -0.3 is 5.32 Å². The molecular weight excluding hydrogens is 368 g/mol. The maximum absolute atomic E-state index is 12.3. The predicted molar refractivity (Wildman–Crippen MR) is 97.1 cm³/mol. The Morgan fingerprint density at radius 2 is 2.08 bits per heavy atom. The van der Waals surface area contributed by atoms with Crippen LogP contribution in [0.25, 0.3) is 6.08 Å². The number of carbonyl (C=O) groups is 3. The molecule has 1 aliphatic rings. The monoisotopic (exact) mass is 378 g/mol. The summed E-state index contributed by atoms with van der Waals surface area (Å²) in [7, 11) is 0. The van der Waals surface area contributed by atoms with Gasteiger partial charge in [-0.3, -0.25) is 19.3 Å². The lowest BCUT2D eigenvalue weighted by Crippen LogP contribution is -2.36. The van der Waals surface area contributed by atoms with Crippen LogP contribution in [-0.4, -0.2) is 28.5 Å². The van der Waals surface area contributed by atoms with Crippen molar-refractivity contribution in [1.29, 1.82) is 0 Å². The number of hydrogen-bond acceptors (Lipinski definition) is 5. The minimum Gasteiger partial charge on any atom is -0.324 e. The molecule has 2 heterocycles. The fraction of sp³-hybridized carbons (Fsp3) is 0.0625. The van der Waals surface area contributed by atoms with Crippen molar-refractivity contribution in [3.05, 3.63) is 56.6 Å². The highest BCUT2D eigenvalue weighted by atomic mass is 35.5. The summed E-state index contributed by atoms with van der Waals surface area (Å²) in [6, 6.07) is 10.4. The number of amides is 3. The topological polar surface area (TPSA) is 66.5 Å². The van der Waals surface area contributed by atoms with E-state index in [4.69, 9.17) is 11.6 Å². The first-order valence-electron chi connectivity index (χ1n) is 6.87. The molecule has 0 bridgehead atoms. The van der Waals surface area contributed by atoms with Crippen LogP contribution in [-0.2, 0) is 9.59 Å². The number of benzene rings is 1. The van der Waals surface area contributed by atoms with Crippen molar-refractivity contribution in [2.45, 2.75) is 0 Å². The van der Waals surface area contributed by atoms with Gasteiger partial charge in [0.1, 0.15) is 6.54 Å². The van der Waals surface area contributed by atoms with Gasteiger partial charge in [0.25, 0.3) is 11.1 Å². The fourth-order valence-electron chi connectivity index (χ4n) is 2.05. The molecule has 0 atom stereocenters. The molecule has 0 unspecified atom stereocenters. The van der Waals surface area contributed by atoms with Gasteiger partial charge in [-0.2, -0.15) is 0 Å². The molecule has 0 spiro atoms. The Kier molecular flexibility index (Phi) is 5.03. The molecular formula is C16H11ClN2O3S2. The van der Waals surface area contributed by atoms with E-state index in [0.717, 1.165) is 21.5 Å². The van der Waals surface area contributed by atoms with Crippen molar-refractivity contribution in [3.63, 3.8) is 0 Å². The zero-order valence-corrected chi connectivity index (χ0v) is 14.6. The smallest absolute Gasteiger partial charge is 0.294 e. The molecule has 0 saturated carbocycles. The second kappa shape index (κ2) is 7.21. The number of thioether (sulfide) groups is 1. The SMILES string of the molecule is O=C(CN1C(=O)S/C(=C/c2cccs2)C1=O)Nc1cccc(Cl)c1. The summed E-state index contributed by atoms with van der Waals surface area (Å²) in [6.45, 7) is -0.334. The van der Waals surface area contributed by atoms with E-state index < -0.39 is 17.1 Å². The van der Waals surface area contributed by atoms with E-state index >= 15 is 0 Å². The minimum absolute atomic E-state index is 0.318. The van der Waals surface area contributed by atoms with Crippen LogP contribution in [0.1, 0.15) is 4.88 Å². The first-order chi connectivity index (χ1) is 11.5. The summed E-state index contributed by atoms with van der Waals surface area (Å²) in [5.41, 5.74) is 0.508. The molecule has 1 aromatic heterocycles. The molecule has 3 rings (SSSR count). The van der Waals surface area contributed by atoms with Gasteiger partial charge in [0.2, 0.25) is 5.91 Å².